The molecule has 0 unspecified atom stereocenters. The number of benzene rings is 1. The van der Waals surface area contributed by atoms with Gasteiger partial charge in [0.05, 0.1) is 11.0 Å². The van der Waals surface area contributed by atoms with E-state index in [0.29, 0.717) is 0 Å². The van der Waals surface area contributed by atoms with E-state index in [1.807, 2.05) is 4.57 Å². The molecule has 2 aromatic rings. The topological polar surface area (TPSA) is 43.8 Å². The summed E-state index contributed by atoms with van der Waals surface area (Å²) in [6, 6.07) is 4.87. The average molecular weight is 205 g/mol. The number of hydrogen-bond acceptors (Lipinski definition) is 2. The third-order valence-corrected chi connectivity index (χ3v) is 2.95. The number of nitrogens with zero attached hydrogens (tertiary/aromatic N) is 2. The summed E-state index contributed by atoms with van der Waals surface area (Å²) < 4.78 is 15.1. The third-order valence-electron chi connectivity index (χ3n) is 2.95. The van der Waals surface area contributed by atoms with Crippen LogP contribution in [0.25, 0.3) is 11.0 Å². The summed E-state index contributed by atoms with van der Waals surface area (Å²) in [6.07, 6.45) is 1.85. The van der Waals surface area contributed by atoms with Gasteiger partial charge in [0.25, 0.3) is 0 Å². The number of halogens is 1. The minimum Gasteiger partial charge on any atom is -0.326 e. The van der Waals surface area contributed by atoms with Crippen molar-refractivity contribution in [1.29, 1.82) is 0 Å². The van der Waals surface area contributed by atoms with E-state index in [1.165, 1.54) is 12.1 Å². The fraction of sp³-hybridized carbons (Fsp3) is 0.364. The van der Waals surface area contributed by atoms with Crippen LogP contribution in [0.3, 0.4) is 0 Å². The second-order valence-electron chi connectivity index (χ2n) is 4.07. The molecule has 0 spiro atoms. The van der Waals surface area contributed by atoms with Gasteiger partial charge in [-0.3, -0.25) is 0 Å². The van der Waals surface area contributed by atoms with Gasteiger partial charge >= 0.3 is 0 Å². The summed E-state index contributed by atoms with van der Waals surface area (Å²) in [6.45, 7) is 0.745. The molecular formula is C11H12FN3. The Labute approximate surface area is 86.7 Å². The lowest BCUT2D eigenvalue weighted by Gasteiger charge is -2.20. The van der Waals surface area contributed by atoms with Crippen molar-refractivity contribution in [3.05, 3.63) is 29.8 Å². The zero-order chi connectivity index (χ0) is 10.4. The highest BCUT2D eigenvalue weighted by Gasteiger charge is 2.19. The molecule has 3 rings (SSSR count). The fourth-order valence-corrected chi connectivity index (χ4v) is 2.18. The maximum atomic E-state index is 13.1. The molecule has 1 aromatic heterocycles. The van der Waals surface area contributed by atoms with E-state index >= 15 is 0 Å². The molecule has 2 N–H and O–H groups in total. The SMILES string of the molecule is N[C@@H]1CCc2nc3ccc(F)cc3n2C1. The van der Waals surface area contributed by atoms with E-state index in [1.54, 1.807) is 6.07 Å². The first kappa shape index (κ1) is 8.85. The molecule has 0 saturated carbocycles. The number of hydrogen-bond donors (Lipinski definition) is 1. The van der Waals surface area contributed by atoms with Gasteiger partial charge in [0.1, 0.15) is 11.6 Å². The van der Waals surface area contributed by atoms with Crippen molar-refractivity contribution in [3.8, 4) is 0 Å². The first-order chi connectivity index (χ1) is 7.24. The monoisotopic (exact) mass is 205 g/mol. The lowest BCUT2D eigenvalue weighted by Crippen LogP contribution is -2.31. The van der Waals surface area contributed by atoms with Gasteiger partial charge in [0, 0.05) is 19.0 Å². The number of aromatic nitrogens is 2. The van der Waals surface area contributed by atoms with Crippen molar-refractivity contribution >= 4 is 11.0 Å². The van der Waals surface area contributed by atoms with Gasteiger partial charge in [-0.25, -0.2) is 9.37 Å². The second-order valence-corrected chi connectivity index (χ2v) is 4.07. The van der Waals surface area contributed by atoms with E-state index in [4.69, 9.17) is 5.73 Å². The van der Waals surface area contributed by atoms with E-state index in [2.05, 4.69) is 4.98 Å². The van der Waals surface area contributed by atoms with Gasteiger partial charge in [0.2, 0.25) is 0 Å². The molecule has 0 fully saturated rings. The summed E-state index contributed by atoms with van der Waals surface area (Å²) in [5.74, 6) is 0.807. The van der Waals surface area contributed by atoms with E-state index < -0.39 is 0 Å². The molecule has 0 amide bonds. The van der Waals surface area contributed by atoms with Gasteiger partial charge in [-0.15, -0.1) is 0 Å². The lowest BCUT2D eigenvalue weighted by atomic mass is 10.1. The van der Waals surface area contributed by atoms with Crippen LogP contribution < -0.4 is 5.73 Å². The molecule has 1 aliphatic heterocycles. The molecule has 2 heterocycles. The van der Waals surface area contributed by atoms with Crippen LogP contribution in [0.4, 0.5) is 4.39 Å². The van der Waals surface area contributed by atoms with Gasteiger partial charge in [-0.1, -0.05) is 0 Å². The predicted octanol–water partition coefficient (Wildman–Crippen LogP) is 1.45. The Morgan fingerprint density at radius 1 is 1.47 bits per heavy atom. The zero-order valence-corrected chi connectivity index (χ0v) is 8.28. The van der Waals surface area contributed by atoms with Crippen LogP contribution in [-0.4, -0.2) is 15.6 Å². The van der Waals surface area contributed by atoms with Crippen molar-refractivity contribution < 1.29 is 4.39 Å². The van der Waals surface area contributed by atoms with Gasteiger partial charge in [0.15, 0.2) is 0 Å². The van der Waals surface area contributed by atoms with Gasteiger partial charge < -0.3 is 10.3 Å². The van der Waals surface area contributed by atoms with E-state index in [9.17, 15) is 4.39 Å². The Hall–Kier alpha value is -1.42. The smallest absolute Gasteiger partial charge is 0.125 e. The maximum absolute atomic E-state index is 13.1. The van der Waals surface area contributed by atoms with Crippen molar-refractivity contribution in [2.45, 2.75) is 25.4 Å². The summed E-state index contributed by atoms with van der Waals surface area (Å²) in [4.78, 5) is 4.47. The molecule has 15 heavy (non-hydrogen) atoms. The predicted molar refractivity (Wildman–Crippen MR) is 56.0 cm³/mol. The highest BCUT2D eigenvalue weighted by Crippen LogP contribution is 2.22. The van der Waals surface area contributed by atoms with Crippen LogP contribution >= 0.6 is 0 Å². The number of aryl methyl sites for hydroxylation is 1. The molecule has 0 bridgehead atoms. The minimum absolute atomic E-state index is 0.165. The van der Waals surface area contributed by atoms with Crippen molar-refractivity contribution in [2.24, 2.45) is 5.73 Å². The maximum Gasteiger partial charge on any atom is 0.125 e. The number of imidazole rings is 1. The first-order valence-corrected chi connectivity index (χ1v) is 5.14. The highest BCUT2D eigenvalue weighted by molar-refractivity contribution is 5.76. The van der Waals surface area contributed by atoms with Crippen molar-refractivity contribution in [1.82, 2.24) is 9.55 Å². The number of rotatable bonds is 0. The average Bonchev–Trinajstić information content (AvgIpc) is 2.56. The Morgan fingerprint density at radius 3 is 3.20 bits per heavy atom. The van der Waals surface area contributed by atoms with Gasteiger partial charge in [-0.2, -0.15) is 0 Å². The number of nitrogens with two attached hydrogens (primary N) is 1. The van der Waals surface area contributed by atoms with Crippen LogP contribution in [0.15, 0.2) is 18.2 Å². The molecule has 4 heteroatoms. The molecule has 1 aromatic carbocycles. The van der Waals surface area contributed by atoms with E-state index in [0.717, 1.165) is 36.2 Å². The number of fused-ring (bicyclic) bond motifs is 3. The van der Waals surface area contributed by atoms with Crippen LogP contribution in [0.2, 0.25) is 0 Å². The lowest BCUT2D eigenvalue weighted by molar-refractivity contribution is 0.461. The third kappa shape index (κ3) is 1.33. The Kier molecular flexibility index (Phi) is 1.79. The Balaban J connectivity index is 2.25. The second kappa shape index (κ2) is 3.03. The molecule has 3 nitrogen and oxygen atoms in total. The van der Waals surface area contributed by atoms with Crippen molar-refractivity contribution in [2.75, 3.05) is 0 Å². The molecule has 0 aliphatic carbocycles. The summed E-state index contributed by atoms with van der Waals surface area (Å²) in [5.41, 5.74) is 7.62. The molecule has 0 saturated heterocycles. The molecular weight excluding hydrogens is 193 g/mol. The molecule has 1 atom stereocenters. The normalized spacial score (nSPS) is 20.5. The summed E-state index contributed by atoms with van der Waals surface area (Å²) in [5, 5.41) is 0. The Bertz CT molecular complexity index is 518. The fourth-order valence-electron chi connectivity index (χ4n) is 2.18. The highest BCUT2D eigenvalue weighted by atomic mass is 19.1. The largest absolute Gasteiger partial charge is 0.326 e. The summed E-state index contributed by atoms with van der Waals surface area (Å²) >= 11 is 0. The quantitative estimate of drug-likeness (QED) is 0.707. The molecule has 78 valence electrons. The van der Waals surface area contributed by atoms with E-state index in [-0.39, 0.29) is 11.9 Å². The molecule has 0 radical (unpaired) electrons. The van der Waals surface area contributed by atoms with Crippen LogP contribution in [0.1, 0.15) is 12.2 Å². The minimum atomic E-state index is -0.218. The van der Waals surface area contributed by atoms with Gasteiger partial charge in [-0.05, 0) is 24.6 Å². The molecule has 1 aliphatic rings. The zero-order valence-electron chi connectivity index (χ0n) is 8.28. The van der Waals surface area contributed by atoms with Crippen LogP contribution in [0.5, 0.6) is 0 Å². The van der Waals surface area contributed by atoms with Crippen molar-refractivity contribution in [3.63, 3.8) is 0 Å². The summed E-state index contributed by atoms with van der Waals surface area (Å²) in [7, 11) is 0. The Morgan fingerprint density at radius 2 is 2.33 bits per heavy atom. The van der Waals surface area contributed by atoms with Crippen LogP contribution in [-0.2, 0) is 13.0 Å². The van der Waals surface area contributed by atoms with Crippen LogP contribution in [0, 0.1) is 5.82 Å². The standard InChI is InChI=1S/C11H12FN3/c12-7-1-3-9-10(5-7)15-6-8(13)2-4-11(15)14-9/h1,3,5,8H,2,4,6,13H2/t8-/m1/s1. The first-order valence-electron chi connectivity index (χ1n) is 5.14.